The summed E-state index contributed by atoms with van der Waals surface area (Å²) in [5, 5.41) is 6.04. The van der Waals surface area contributed by atoms with Crippen molar-refractivity contribution in [3.63, 3.8) is 0 Å². The van der Waals surface area contributed by atoms with Crippen LogP contribution in [0.4, 0.5) is 5.69 Å². The van der Waals surface area contributed by atoms with Gasteiger partial charge in [0.05, 0.1) is 23.3 Å². The number of hydrogen-bond donors (Lipinski definition) is 2. The van der Waals surface area contributed by atoms with E-state index in [4.69, 9.17) is 17.0 Å². The van der Waals surface area contributed by atoms with Crippen LogP contribution in [0.3, 0.4) is 0 Å². The normalized spacial score (nSPS) is 11.5. The van der Waals surface area contributed by atoms with Gasteiger partial charge in [-0.25, -0.2) is 13.2 Å². The summed E-state index contributed by atoms with van der Waals surface area (Å²) in [6.45, 7) is 1.89. The van der Waals surface area contributed by atoms with E-state index < -0.39 is 21.7 Å². The van der Waals surface area contributed by atoms with Crippen LogP contribution in [0.15, 0.2) is 88.8 Å². The van der Waals surface area contributed by atoms with Crippen LogP contribution in [0, 0.1) is 6.92 Å². The molecule has 2 N–H and O–H groups in total. The number of nitrogens with one attached hydrogen (secondary N) is 2. The van der Waals surface area contributed by atoms with Gasteiger partial charge in [0.25, 0.3) is 0 Å². The van der Waals surface area contributed by atoms with Crippen molar-refractivity contribution in [2.75, 3.05) is 18.3 Å². The summed E-state index contributed by atoms with van der Waals surface area (Å²) in [4.78, 5) is 16.5. The predicted octanol–water partition coefficient (Wildman–Crippen LogP) is 3.95. The molecule has 0 saturated carbocycles. The third-order valence-electron chi connectivity index (χ3n) is 4.63. The Morgan fingerprint density at radius 3 is 2.27 bits per heavy atom. The van der Waals surface area contributed by atoms with Gasteiger partial charge in [0.15, 0.2) is 14.9 Å². The Labute approximate surface area is 198 Å². The minimum atomic E-state index is -3.65. The van der Waals surface area contributed by atoms with Gasteiger partial charge in [0, 0.05) is 5.56 Å². The summed E-state index contributed by atoms with van der Waals surface area (Å²) in [5.41, 5.74) is 2.38. The third kappa shape index (κ3) is 6.47. The van der Waals surface area contributed by atoms with Gasteiger partial charge in [-0.05, 0) is 43.4 Å². The van der Waals surface area contributed by atoms with Crippen molar-refractivity contribution >= 4 is 44.7 Å². The molecule has 3 aromatic rings. The summed E-state index contributed by atoms with van der Waals surface area (Å²) in [6, 6.07) is 22.4. The van der Waals surface area contributed by atoms with Crippen molar-refractivity contribution in [1.29, 1.82) is 0 Å². The molecule has 170 valence electrons. The standard InChI is InChI=1S/C24H23N3O4S2/c1-17-12-14-19(15-13-17)33(29,30)16-25-22(18-8-4-3-5-9-18)27-24(32)26-21-11-7-6-10-20(21)23(28)31-2/h3-15H,16H2,1-2H3,(H2,25,26,27,32). The molecule has 3 aromatic carbocycles. The van der Waals surface area contributed by atoms with Crippen molar-refractivity contribution in [2.45, 2.75) is 11.8 Å². The van der Waals surface area contributed by atoms with Crippen molar-refractivity contribution < 1.29 is 17.9 Å². The number of esters is 1. The quantitative estimate of drug-likeness (QED) is 0.238. The minimum Gasteiger partial charge on any atom is -0.465 e. The molecular weight excluding hydrogens is 458 g/mol. The van der Waals surface area contributed by atoms with E-state index in [9.17, 15) is 13.2 Å². The number of sulfone groups is 1. The number of nitrogens with zero attached hydrogens (tertiary/aromatic N) is 1. The maximum atomic E-state index is 12.8. The zero-order valence-electron chi connectivity index (χ0n) is 18.1. The number of rotatable bonds is 6. The first kappa shape index (κ1) is 24.1. The number of carbonyl (C=O) groups excluding carboxylic acids is 1. The van der Waals surface area contributed by atoms with Gasteiger partial charge >= 0.3 is 5.97 Å². The molecule has 0 aliphatic carbocycles. The molecular formula is C24H23N3O4S2. The monoisotopic (exact) mass is 481 g/mol. The first-order chi connectivity index (χ1) is 15.8. The number of thiocarbonyl (C=S) groups is 1. The summed E-state index contributed by atoms with van der Waals surface area (Å²) < 4.78 is 30.3. The number of methoxy groups -OCH3 is 1. The molecule has 0 amide bonds. The van der Waals surface area contributed by atoms with E-state index in [1.807, 2.05) is 25.1 Å². The van der Waals surface area contributed by atoms with Crippen molar-refractivity contribution in [3.05, 3.63) is 95.6 Å². The first-order valence-electron chi connectivity index (χ1n) is 9.95. The van der Waals surface area contributed by atoms with Crippen LogP contribution in [-0.4, -0.2) is 38.3 Å². The summed E-state index contributed by atoms with van der Waals surface area (Å²) in [7, 11) is -2.35. The molecule has 0 aromatic heterocycles. The number of hydrogen-bond acceptors (Lipinski definition) is 6. The molecule has 0 radical (unpaired) electrons. The maximum absolute atomic E-state index is 12.8. The Hall–Kier alpha value is -3.56. The number of benzene rings is 3. The number of amidine groups is 1. The van der Waals surface area contributed by atoms with E-state index >= 15 is 0 Å². The largest absolute Gasteiger partial charge is 0.465 e. The van der Waals surface area contributed by atoms with Crippen LogP contribution in [0.2, 0.25) is 0 Å². The third-order valence-corrected chi connectivity index (χ3v) is 6.30. The zero-order chi connectivity index (χ0) is 23.8. The average molecular weight is 482 g/mol. The van der Waals surface area contributed by atoms with E-state index in [0.717, 1.165) is 5.56 Å². The maximum Gasteiger partial charge on any atom is 0.339 e. The Morgan fingerprint density at radius 1 is 0.970 bits per heavy atom. The average Bonchev–Trinajstić information content (AvgIpc) is 2.82. The molecule has 33 heavy (non-hydrogen) atoms. The van der Waals surface area contributed by atoms with E-state index in [1.54, 1.807) is 60.7 Å². The smallest absolute Gasteiger partial charge is 0.339 e. The van der Waals surface area contributed by atoms with Gasteiger partial charge < -0.3 is 15.4 Å². The molecule has 0 spiro atoms. The van der Waals surface area contributed by atoms with Gasteiger partial charge in [-0.15, -0.1) is 0 Å². The lowest BCUT2D eigenvalue weighted by atomic mass is 10.2. The SMILES string of the molecule is COC(=O)c1ccccc1NC(=S)N/C(=N/CS(=O)(=O)c1ccc(C)cc1)c1ccccc1. The van der Waals surface area contributed by atoms with Gasteiger partial charge in [-0.1, -0.05) is 60.2 Å². The summed E-state index contributed by atoms with van der Waals surface area (Å²) >= 11 is 5.41. The minimum absolute atomic E-state index is 0.140. The lowest BCUT2D eigenvalue weighted by Gasteiger charge is -2.15. The van der Waals surface area contributed by atoms with E-state index in [0.29, 0.717) is 16.8 Å². The highest BCUT2D eigenvalue weighted by atomic mass is 32.2. The molecule has 0 heterocycles. The molecule has 3 rings (SSSR count). The van der Waals surface area contributed by atoms with E-state index in [2.05, 4.69) is 15.6 Å². The molecule has 0 bridgehead atoms. The molecule has 0 saturated heterocycles. The second-order valence-corrected chi connectivity index (χ2v) is 9.41. The topological polar surface area (TPSA) is 96.9 Å². The highest BCUT2D eigenvalue weighted by Crippen LogP contribution is 2.16. The fourth-order valence-electron chi connectivity index (χ4n) is 2.91. The van der Waals surface area contributed by atoms with Gasteiger partial charge in [0.2, 0.25) is 0 Å². The Balaban J connectivity index is 1.84. The van der Waals surface area contributed by atoms with Crippen LogP contribution < -0.4 is 10.6 Å². The summed E-state index contributed by atoms with van der Waals surface area (Å²) in [5.74, 6) is -0.698. The Bertz CT molecular complexity index is 1270. The second-order valence-electron chi connectivity index (χ2n) is 7.05. The molecule has 0 unspecified atom stereocenters. The van der Waals surface area contributed by atoms with Gasteiger partial charge in [-0.3, -0.25) is 4.99 Å². The Kier molecular flexibility index (Phi) is 7.92. The molecule has 0 aliphatic heterocycles. The lowest BCUT2D eigenvalue weighted by molar-refractivity contribution is 0.0602. The van der Waals surface area contributed by atoms with Crippen molar-refractivity contribution in [3.8, 4) is 0 Å². The first-order valence-corrected chi connectivity index (χ1v) is 12.0. The fraction of sp³-hybridized carbons (Fsp3) is 0.125. The fourth-order valence-corrected chi connectivity index (χ4v) is 4.12. The van der Waals surface area contributed by atoms with Crippen molar-refractivity contribution in [2.24, 2.45) is 4.99 Å². The Morgan fingerprint density at radius 2 is 1.61 bits per heavy atom. The van der Waals surface area contributed by atoms with E-state index in [1.165, 1.54) is 7.11 Å². The number of aryl methyl sites for hydroxylation is 1. The van der Waals surface area contributed by atoms with Gasteiger partial charge in [0.1, 0.15) is 11.7 Å². The zero-order valence-corrected chi connectivity index (χ0v) is 19.7. The molecule has 9 heteroatoms. The number of ether oxygens (including phenoxy) is 1. The summed E-state index contributed by atoms with van der Waals surface area (Å²) in [6.07, 6.45) is 0. The molecule has 0 aliphatic rings. The van der Waals surface area contributed by atoms with Crippen LogP contribution in [-0.2, 0) is 14.6 Å². The van der Waals surface area contributed by atoms with Crippen LogP contribution in [0.5, 0.6) is 0 Å². The van der Waals surface area contributed by atoms with Crippen molar-refractivity contribution in [1.82, 2.24) is 5.32 Å². The number of anilines is 1. The van der Waals surface area contributed by atoms with Gasteiger partial charge in [-0.2, -0.15) is 0 Å². The van der Waals surface area contributed by atoms with Crippen LogP contribution >= 0.6 is 12.2 Å². The number of carbonyl (C=O) groups is 1. The highest BCUT2D eigenvalue weighted by molar-refractivity contribution is 7.91. The highest BCUT2D eigenvalue weighted by Gasteiger charge is 2.16. The van der Waals surface area contributed by atoms with Crippen LogP contribution in [0.1, 0.15) is 21.5 Å². The van der Waals surface area contributed by atoms with Crippen LogP contribution in [0.25, 0.3) is 0 Å². The second kappa shape index (κ2) is 10.8. The number of aliphatic imine (C=N–C) groups is 1. The predicted molar refractivity (Wildman–Crippen MR) is 133 cm³/mol. The number of para-hydroxylation sites is 1. The molecule has 7 nitrogen and oxygen atoms in total. The lowest BCUT2D eigenvalue weighted by Crippen LogP contribution is -2.35. The molecule has 0 fully saturated rings. The molecule has 0 atom stereocenters. The van der Waals surface area contributed by atoms with E-state index in [-0.39, 0.29) is 15.8 Å².